The maximum absolute atomic E-state index is 5.02. The highest BCUT2D eigenvalue weighted by Crippen LogP contribution is 2.24. The van der Waals surface area contributed by atoms with E-state index in [9.17, 15) is 0 Å². The Kier molecular flexibility index (Phi) is 4.44. The molecule has 0 spiro atoms. The van der Waals surface area contributed by atoms with Crippen LogP contribution in [-0.2, 0) is 5.75 Å². The number of hydrogen-bond acceptors (Lipinski definition) is 5. The van der Waals surface area contributed by atoms with Crippen molar-refractivity contribution in [1.29, 1.82) is 0 Å². The van der Waals surface area contributed by atoms with Crippen molar-refractivity contribution in [2.75, 3.05) is 11.9 Å². The lowest BCUT2D eigenvalue weighted by Crippen LogP contribution is -1.96. The van der Waals surface area contributed by atoms with Crippen LogP contribution in [0.5, 0.6) is 0 Å². The number of halogens is 1. The smallest absolute Gasteiger partial charge is 0.321 e. The number of hydrogen-bond donors (Lipinski definition) is 1. The normalized spacial score (nSPS) is 10.5. The van der Waals surface area contributed by atoms with Crippen molar-refractivity contribution in [2.24, 2.45) is 0 Å². The van der Waals surface area contributed by atoms with Gasteiger partial charge in [-0.1, -0.05) is 27.2 Å². The molecule has 17 heavy (non-hydrogen) atoms. The molecule has 1 aromatic carbocycles. The molecule has 0 saturated carbocycles. The summed E-state index contributed by atoms with van der Waals surface area (Å²) >= 11 is 5.12. The van der Waals surface area contributed by atoms with Gasteiger partial charge in [0.15, 0.2) is 5.82 Å². The number of benzene rings is 1. The molecule has 6 heteroatoms. The summed E-state index contributed by atoms with van der Waals surface area (Å²) in [7, 11) is 0. The minimum atomic E-state index is 0.484. The summed E-state index contributed by atoms with van der Waals surface area (Å²) in [6.45, 7) is 2.76. The van der Waals surface area contributed by atoms with Crippen molar-refractivity contribution in [3.05, 3.63) is 34.6 Å². The number of rotatable bonds is 5. The summed E-state index contributed by atoms with van der Waals surface area (Å²) in [4.78, 5) is 5.39. The average molecular weight is 314 g/mol. The number of nitrogens with one attached hydrogen (secondary N) is 1. The van der Waals surface area contributed by atoms with Crippen molar-refractivity contribution < 1.29 is 4.52 Å². The number of thioether (sulfide) groups is 1. The van der Waals surface area contributed by atoms with Gasteiger partial charge >= 0.3 is 6.01 Å². The molecule has 2 rings (SSSR count). The molecule has 4 nitrogen and oxygen atoms in total. The summed E-state index contributed by atoms with van der Waals surface area (Å²) < 4.78 is 6.10. The molecule has 0 bridgehead atoms. The Hall–Kier alpha value is -1.01. The van der Waals surface area contributed by atoms with Gasteiger partial charge in [-0.05, 0) is 25.1 Å². The Morgan fingerprint density at radius 2 is 2.35 bits per heavy atom. The van der Waals surface area contributed by atoms with E-state index in [0.29, 0.717) is 17.6 Å². The van der Waals surface area contributed by atoms with Crippen molar-refractivity contribution in [3.63, 3.8) is 0 Å². The van der Waals surface area contributed by atoms with Crippen molar-refractivity contribution in [2.45, 2.75) is 17.6 Å². The Morgan fingerprint density at radius 1 is 1.47 bits per heavy atom. The maximum atomic E-state index is 5.02. The molecule has 0 radical (unpaired) electrons. The van der Waals surface area contributed by atoms with E-state index in [1.54, 1.807) is 11.8 Å². The Morgan fingerprint density at radius 3 is 3.12 bits per heavy atom. The van der Waals surface area contributed by atoms with Gasteiger partial charge in [0, 0.05) is 15.9 Å². The highest BCUT2D eigenvalue weighted by molar-refractivity contribution is 9.10. The van der Waals surface area contributed by atoms with Gasteiger partial charge in [0.05, 0.1) is 5.75 Å². The molecule has 0 saturated heterocycles. The fourth-order valence-electron chi connectivity index (χ4n) is 1.24. The van der Waals surface area contributed by atoms with E-state index in [2.05, 4.69) is 43.5 Å². The van der Waals surface area contributed by atoms with Crippen molar-refractivity contribution in [1.82, 2.24) is 10.1 Å². The lowest BCUT2D eigenvalue weighted by Gasteiger charge is -1.98. The van der Waals surface area contributed by atoms with Gasteiger partial charge in [-0.2, -0.15) is 4.98 Å². The second-order valence-electron chi connectivity index (χ2n) is 3.29. The van der Waals surface area contributed by atoms with E-state index in [0.717, 1.165) is 11.0 Å². The second-order valence-corrected chi connectivity index (χ2v) is 5.26. The van der Waals surface area contributed by atoms with Crippen LogP contribution in [0, 0.1) is 0 Å². The van der Waals surface area contributed by atoms with Crippen LogP contribution < -0.4 is 5.32 Å². The predicted octanol–water partition coefficient (Wildman–Crippen LogP) is 3.56. The standard InChI is InChI=1S/C11H12BrN3OS/c1-2-13-11-14-10(15-16-11)7-17-9-5-3-4-8(12)6-9/h3-6H,2,7H2,1H3,(H,13,14,15). The van der Waals surface area contributed by atoms with Crippen LogP contribution in [0.25, 0.3) is 0 Å². The molecule has 1 N–H and O–H groups in total. The molecule has 0 aliphatic carbocycles. The molecular weight excluding hydrogens is 302 g/mol. The predicted molar refractivity (Wildman–Crippen MR) is 72.2 cm³/mol. The zero-order valence-electron chi connectivity index (χ0n) is 9.31. The highest BCUT2D eigenvalue weighted by Gasteiger charge is 2.05. The lowest BCUT2D eigenvalue weighted by atomic mass is 10.4. The molecule has 2 aromatic rings. The van der Waals surface area contributed by atoms with Crippen LogP contribution in [-0.4, -0.2) is 16.7 Å². The average Bonchev–Trinajstić information content (AvgIpc) is 2.75. The van der Waals surface area contributed by atoms with E-state index in [1.807, 2.05) is 19.1 Å². The van der Waals surface area contributed by atoms with Crippen LogP contribution >= 0.6 is 27.7 Å². The van der Waals surface area contributed by atoms with Gasteiger partial charge in [-0.25, -0.2) is 0 Å². The molecule has 90 valence electrons. The topological polar surface area (TPSA) is 51.0 Å². The van der Waals surface area contributed by atoms with Crippen molar-refractivity contribution >= 4 is 33.7 Å². The van der Waals surface area contributed by atoms with E-state index >= 15 is 0 Å². The highest BCUT2D eigenvalue weighted by atomic mass is 79.9. The fraction of sp³-hybridized carbons (Fsp3) is 0.273. The number of aromatic nitrogens is 2. The first-order chi connectivity index (χ1) is 8.28. The summed E-state index contributed by atoms with van der Waals surface area (Å²) in [6, 6.07) is 8.61. The number of nitrogens with zero attached hydrogens (tertiary/aromatic N) is 2. The first kappa shape index (κ1) is 12.4. The molecule has 1 heterocycles. The third-order valence-corrected chi connectivity index (χ3v) is 3.44. The zero-order chi connectivity index (χ0) is 12.1. The van der Waals surface area contributed by atoms with Crippen LogP contribution in [0.3, 0.4) is 0 Å². The van der Waals surface area contributed by atoms with Crippen LogP contribution in [0.1, 0.15) is 12.7 Å². The first-order valence-electron chi connectivity index (χ1n) is 5.22. The quantitative estimate of drug-likeness (QED) is 0.855. The SMILES string of the molecule is CCNc1nc(CSc2cccc(Br)c2)no1. The zero-order valence-corrected chi connectivity index (χ0v) is 11.7. The van der Waals surface area contributed by atoms with Gasteiger partial charge in [0.1, 0.15) is 0 Å². The number of anilines is 1. The minimum Gasteiger partial charge on any atom is -0.338 e. The molecular formula is C11H12BrN3OS. The minimum absolute atomic E-state index is 0.484. The molecule has 0 fully saturated rings. The van der Waals surface area contributed by atoms with Gasteiger partial charge in [0.25, 0.3) is 0 Å². The van der Waals surface area contributed by atoms with Crippen LogP contribution in [0.15, 0.2) is 38.2 Å². The largest absolute Gasteiger partial charge is 0.338 e. The molecule has 0 unspecified atom stereocenters. The Balaban J connectivity index is 1.93. The molecule has 0 atom stereocenters. The molecule has 1 aromatic heterocycles. The third kappa shape index (κ3) is 3.74. The monoisotopic (exact) mass is 313 g/mol. The maximum Gasteiger partial charge on any atom is 0.321 e. The molecule has 0 amide bonds. The van der Waals surface area contributed by atoms with E-state index in [-0.39, 0.29) is 0 Å². The van der Waals surface area contributed by atoms with E-state index < -0.39 is 0 Å². The Bertz CT molecular complexity index is 489. The molecule has 0 aliphatic heterocycles. The van der Waals surface area contributed by atoms with Crippen LogP contribution in [0.2, 0.25) is 0 Å². The molecule has 0 aliphatic rings. The van der Waals surface area contributed by atoms with E-state index in [4.69, 9.17) is 4.52 Å². The summed E-state index contributed by atoms with van der Waals surface area (Å²) in [5.41, 5.74) is 0. The van der Waals surface area contributed by atoms with E-state index in [1.165, 1.54) is 4.90 Å². The van der Waals surface area contributed by atoms with Gasteiger partial charge < -0.3 is 9.84 Å². The lowest BCUT2D eigenvalue weighted by molar-refractivity contribution is 0.425. The first-order valence-corrected chi connectivity index (χ1v) is 7.00. The van der Waals surface area contributed by atoms with Gasteiger partial charge in [-0.3, -0.25) is 0 Å². The van der Waals surface area contributed by atoms with Gasteiger partial charge in [-0.15, -0.1) is 11.8 Å². The second kappa shape index (κ2) is 6.07. The van der Waals surface area contributed by atoms with Gasteiger partial charge in [0.2, 0.25) is 0 Å². The van der Waals surface area contributed by atoms with Crippen molar-refractivity contribution in [3.8, 4) is 0 Å². The third-order valence-electron chi connectivity index (χ3n) is 1.96. The summed E-state index contributed by atoms with van der Waals surface area (Å²) in [5, 5.41) is 6.87. The summed E-state index contributed by atoms with van der Waals surface area (Å²) in [5.74, 6) is 1.40. The summed E-state index contributed by atoms with van der Waals surface area (Å²) in [6.07, 6.45) is 0. The fourth-order valence-corrected chi connectivity index (χ4v) is 2.59. The Labute approximate surface area is 112 Å². The van der Waals surface area contributed by atoms with Crippen LogP contribution in [0.4, 0.5) is 6.01 Å².